The van der Waals surface area contributed by atoms with Crippen molar-refractivity contribution >= 4 is 11.8 Å². The van der Waals surface area contributed by atoms with Gasteiger partial charge in [-0.3, -0.25) is 9.59 Å². The number of benzene rings is 1. The van der Waals surface area contributed by atoms with Gasteiger partial charge in [-0.25, -0.2) is 0 Å². The molecule has 5 heteroatoms. The Kier molecular flexibility index (Phi) is 5.33. The lowest BCUT2D eigenvalue weighted by Crippen LogP contribution is -2.46. The maximum Gasteiger partial charge on any atom is 0.251 e. The minimum absolute atomic E-state index is 0.0354. The molecule has 0 radical (unpaired) electrons. The van der Waals surface area contributed by atoms with Crippen LogP contribution in [-0.2, 0) is 10.2 Å². The molecule has 0 aromatic heterocycles. The quantitative estimate of drug-likeness (QED) is 0.745. The van der Waals surface area contributed by atoms with Gasteiger partial charge in [0.15, 0.2) is 0 Å². The SMILES string of the molecule is CC(NC(=O)c1ccc(C(C)(C)C)cc1)C(=O)NCC1(CO)CC1. The van der Waals surface area contributed by atoms with E-state index in [0.717, 1.165) is 18.4 Å². The molecule has 1 aliphatic carbocycles. The molecular formula is C19H28N2O3. The van der Waals surface area contributed by atoms with Crippen LogP contribution in [0.2, 0.25) is 0 Å². The van der Waals surface area contributed by atoms with Crippen LogP contribution in [0.4, 0.5) is 0 Å². The average Bonchev–Trinajstić information content (AvgIpc) is 3.32. The Labute approximate surface area is 143 Å². The van der Waals surface area contributed by atoms with Crippen molar-refractivity contribution in [2.24, 2.45) is 5.41 Å². The molecule has 5 nitrogen and oxygen atoms in total. The fourth-order valence-corrected chi connectivity index (χ4v) is 2.46. The van der Waals surface area contributed by atoms with Gasteiger partial charge in [0.05, 0.1) is 6.61 Å². The van der Waals surface area contributed by atoms with Crippen LogP contribution < -0.4 is 10.6 Å². The van der Waals surface area contributed by atoms with Crippen LogP contribution in [0.3, 0.4) is 0 Å². The highest BCUT2D eigenvalue weighted by molar-refractivity contribution is 5.97. The highest BCUT2D eigenvalue weighted by Gasteiger charge is 2.42. The molecule has 2 amide bonds. The first-order valence-corrected chi connectivity index (χ1v) is 8.47. The van der Waals surface area contributed by atoms with Crippen LogP contribution in [0.5, 0.6) is 0 Å². The van der Waals surface area contributed by atoms with Crippen molar-refractivity contribution in [3.63, 3.8) is 0 Å². The maximum absolute atomic E-state index is 12.3. The molecule has 1 atom stereocenters. The second-order valence-electron chi connectivity index (χ2n) is 7.90. The third-order valence-electron chi connectivity index (χ3n) is 4.68. The maximum atomic E-state index is 12.3. The Morgan fingerprint density at radius 3 is 2.25 bits per heavy atom. The molecule has 132 valence electrons. The third kappa shape index (κ3) is 4.57. The van der Waals surface area contributed by atoms with Gasteiger partial charge in [0.1, 0.15) is 6.04 Å². The average molecular weight is 332 g/mol. The molecular weight excluding hydrogens is 304 g/mol. The summed E-state index contributed by atoms with van der Waals surface area (Å²) < 4.78 is 0. The summed E-state index contributed by atoms with van der Waals surface area (Å²) in [6.07, 6.45) is 1.87. The molecule has 0 aliphatic heterocycles. The van der Waals surface area contributed by atoms with Crippen LogP contribution >= 0.6 is 0 Å². The van der Waals surface area contributed by atoms with Gasteiger partial charge in [-0.2, -0.15) is 0 Å². The largest absolute Gasteiger partial charge is 0.396 e. The summed E-state index contributed by atoms with van der Waals surface area (Å²) in [6.45, 7) is 8.57. The van der Waals surface area contributed by atoms with E-state index in [4.69, 9.17) is 0 Å². The zero-order valence-electron chi connectivity index (χ0n) is 15.0. The first kappa shape index (κ1) is 18.5. The molecule has 1 unspecified atom stereocenters. The number of hydrogen-bond donors (Lipinski definition) is 3. The minimum atomic E-state index is -0.616. The summed E-state index contributed by atoms with van der Waals surface area (Å²) in [5.74, 6) is -0.490. The van der Waals surface area contributed by atoms with Gasteiger partial charge in [0, 0.05) is 17.5 Å². The van der Waals surface area contributed by atoms with E-state index in [9.17, 15) is 14.7 Å². The normalized spacial score (nSPS) is 17.0. The van der Waals surface area contributed by atoms with Gasteiger partial charge in [0.25, 0.3) is 5.91 Å². The van der Waals surface area contributed by atoms with Crippen molar-refractivity contribution in [3.8, 4) is 0 Å². The number of aliphatic hydroxyl groups excluding tert-OH is 1. The lowest BCUT2D eigenvalue weighted by Gasteiger charge is -2.20. The second-order valence-corrected chi connectivity index (χ2v) is 7.90. The van der Waals surface area contributed by atoms with E-state index in [0.29, 0.717) is 12.1 Å². The Morgan fingerprint density at radius 2 is 1.79 bits per heavy atom. The molecule has 1 fully saturated rings. The number of rotatable bonds is 6. The first-order chi connectivity index (χ1) is 11.2. The second kappa shape index (κ2) is 6.93. The molecule has 1 saturated carbocycles. The summed E-state index contributed by atoms with van der Waals surface area (Å²) >= 11 is 0. The van der Waals surface area contributed by atoms with Crippen LogP contribution in [0, 0.1) is 5.41 Å². The van der Waals surface area contributed by atoms with E-state index < -0.39 is 6.04 Å². The number of amides is 2. The molecule has 1 aliphatic rings. The highest BCUT2D eigenvalue weighted by atomic mass is 16.3. The van der Waals surface area contributed by atoms with Crippen molar-refractivity contribution in [3.05, 3.63) is 35.4 Å². The fourth-order valence-electron chi connectivity index (χ4n) is 2.46. The molecule has 24 heavy (non-hydrogen) atoms. The highest BCUT2D eigenvalue weighted by Crippen LogP contribution is 2.44. The standard InChI is InChI=1S/C19H28N2O3/c1-13(16(23)20-11-19(12-22)9-10-19)21-17(24)14-5-7-15(8-6-14)18(2,3)4/h5-8,13,22H,9-12H2,1-4H3,(H,20,23)(H,21,24). The number of carbonyl (C=O) groups excluding carboxylic acids is 2. The minimum Gasteiger partial charge on any atom is -0.396 e. The van der Waals surface area contributed by atoms with Crippen LogP contribution in [-0.4, -0.2) is 36.1 Å². The van der Waals surface area contributed by atoms with Crippen molar-refractivity contribution < 1.29 is 14.7 Å². The summed E-state index contributed by atoms with van der Waals surface area (Å²) in [6, 6.07) is 6.83. The van der Waals surface area contributed by atoms with Crippen molar-refractivity contribution in [2.45, 2.75) is 52.0 Å². The van der Waals surface area contributed by atoms with E-state index in [1.54, 1.807) is 19.1 Å². The molecule has 3 N–H and O–H groups in total. The monoisotopic (exact) mass is 332 g/mol. The first-order valence-electron chi connectivity index (χ1n) is 8.47. The van der Waals surface area contributed by atoms with Crippen molar-refractivity contribution in [1.29, 1.82) is 0 Å². The Morgan fingerprint density at radius 1 is 1.21 bits per heavy atom. The third-order valence-corrected chi connectivity index (χ3v) is 4.68. The van der Waals surface area contributed by atoms with Crippen molar-refractivity contribution in [1.82, 2.24) is 10.6 Å². The van der Waals surface area contributed by atoms with E-state index >= 15 is 0 Å². The van der Waals surface area contributed by atoms with Crippen LogP contribution in [0.1, 0.15) is 56.5 Å². The lowest BCUT2D eigenvalue weighted by molar-refractivity contribution is -0.122. The number of hydrogen-bond acceptors (Lipinski definition) is 3. The Hall–Kier alpha value is -1.88. The number of carbonyl (C=O) groups is 2. The number of nitrogens with one attached hydrogen (secondary N) is 2. The number of aliphatic hydroxyl groups is 1. The van der Waals surface area contributed by atoms with Gasteiger partial charge in [-0.1, -0.05) is 32.9 Å². The fraction of sp³-hybridized carbons (Fsp3) is 0.579. The van der Waals surface area contributed by atoms with Crippen LogP contribution in [0.15, 0.2) is 24.3 Å². The van der Waals surface area contributed by atoms with Crippen molar-refractivity contribution in [2.75, 3.05) is 13.2 Å². The summed E-state index contributed by atoms with van der Waals surface area (Å²) in [5, 5.41) is 14.8. The molecule has 1 aromatic rings. The summed E-state index contributed by atoms with van der Waals surface area (Å²) in [4.78, 5) is 24.3. The summed E-state index contributed by atoms with van der Waals surface area (Å²) in [7, 11) is 0. The Bertz CT molecular complexity index is 598. The topological polar surface area (TPSA) is 78.4 Å². The molecule has 2 rings (SSSR count). The molecule has 1 aromatic carbocycles. The molecule has 0 heterocycles. The predicted molar refractivity (Wildman–Crippen MR) is 93.8 cm³/mol. The predicted octanol–water partition coefficient (Wildman–Crippen LogP) is 1.99. The molecule has 0 bridgehead atoms. The van der Waals surface area contributed by atoms with E-state index in [1.165, 1.54) is 0 Å². The van der Waals surface area contributed by atoms with Crippen LogP contribution in [0.25, 0.3) is 0 Å². The van der Waals surface area contributed by atoms with Gasteiger partial charge in [0.2, 0.25) is 5.91 Å². The smallest absolute Gasteiger partial charge is 0.251 e. The van der Waals surface area contributed by atoms with Gasteiger partial charge in [-0.05, 0) is 42.9 Å². The zero-order chi connectivity index (χ0) is 18.0. The van der Waals surface area contributed by atoms with Gasteiger partial charge in [-0.15, -0.1) is 0 Å². The van der Waals surface area contributed by atoms with E-state index in [-0.39, 0.29) is 29.3 Å². The van der Waals surface area contributed by atoms with Gasteiger partial charge >= 0.3 is 0 Å². The van der Waals surface area contributed by atoms with E-state index in [2.05, 4.69) is 31.4 Å². The summed E-state index contributed by atoms with van der Waals surface area (Å²) in [5.41, 5.74) is 1.59. The lowest BCUT2D eigenvalue weighted by atomic mass is 9.86. The van der Waals surface area contributed by atoms with Gasteiger partial charge < -0.3 is 15.7 Å². The molecule has 0 spiro atoms. The zero-order valence-corrected chi connectivity index (χ0v) is 15.0. The van der Waals surface area contributed by atoms with E-state index in [1.807, 2.05) is 12.1 Å². The Balaban J connectivity index is 1.87. The molecule has 0 saturated heterocycles.